The lowest BCUT2D eigenvalue weighted by Crippen LogP contribution is -2.39. The Morgan fingerprint density at radius 1 is 1.55 bits per heavy atom. The average Bonchev–Trinajstić information content (AvgIpc) is 2.01. The number of rotatable bonds is 3. The van der Waals surface area contributed by atoms with E-state index < -0.39 is 21.4 Å². The van der Waals surface area contributed by atoms with Crippen LogP contribution in [0, 0.1) is 0 Å². The van der Waals surface area contributed by atoms with Crippen molar-refractivity contribution in [2.45, 2.75) is 11.7 Å². The maximum atomic E-state index is 10.7. The van der Waals surface area contributed by atoms with Gasteiger partial charge in [-0.05, 0) is 6.92 Å². The molecule has 0 aliphatic carbocycles. The Morgan fingerprint density at radius 2 is 2.00 bits per heavy atom. The molecule has 0 aliphatic rings. The van der Waals surface area contributed by atoms with Crippen molar-refractivity contribution in [3.63, 3.8) is 0 Å². The number of ether oxygens (including phenoxy) is 1. The third kappa shape index (κ3) is 1.76. The second-order valence-corrected chi connectivity index (χ2v) is 3.46. The highest BCUT2D eigenvalue weighted by Gasteiger charge is 2.38. The van der Waals surface area contributed by atoms with Gasteiger partial charge in [-0.3, -0.25) is 0 Å². The van der Waals surface area contributed by atoms with Crippen LogP contribution in [0.25, 0.3) is 0 Å². The highest BCUT2D eigenvalue weighted by Crippen LogP contribution is 2.06. The second kappa shape index (κ2) is 3.47. The lowest BCUT2D eigenvalue weighted by atomic mass is 10.2. The van der Waals surface area contributed by atoms with Gasteiger partial charge < -0.3 is 9.53 Å². The minimum Gasteiger partial charge on any atom is -0.468 e. The zero-order chi connectivity index (χ0) is 9.07. The monoisotopic (exact) mass is 180 g/mol. The van der Waals surface area contributed by atoms with Gasteiger partial charge in [-0.1, -0.05) is 0 Å². The van der Waals surface area contributed by atoms with Gasteiger partial charge in [0.1, 0.15) is 0 Å². The molecule has 0 spiro atoms. The maximum Gasteiger partial charge on any atom is 0.334 e. The molecule has 0 heterocycles. The van der Waals surface area contributed by atoms with Gasteiger partial charge >= 0.3 is 5.97 Å². The minimum atomic E-state index is -3.13. The van der Waals surface area contributed by atoms with Gasteiger partial charge in [0.05, 0.1) is 7.11 Å². The summed E-state index contributed by atoms with van der Waals surface area (Å²) in [5.74, 6) is -1.07. The fourth-order valence-corrected chi connectivity index (χ4v) is 0.699. The van der Waals surface area contributed by atoms with Crippen molar-refractivity contribution < 1.29 is 22.7 Å². The van der Waals surface area contributed by atoms with E-state index in [1.807, 2.05) is 0 Å². The molecule has 0 fully saturated rings. The molecule has 0 bridgehead atoms. The van der Waals surface area contributed by atoms with E-state index in [4.69, 9.17) is 0 Å². The Labute approximate surface area is 65.3 Å². The fraction of sp³-hybridized carbons (Fsp3) is 0.600. The molecule has 1 atom stereocenters. The van der Waals surface area contributed by atoms with E-state index in [9.17, 15) is 18.0 Å². The van der Waals surface area contributed by atoms with Crippen LogP contribution >= 0.6 is 0 Å². The first kappa shape index (κ1) is 10.1. The Balaban J connectivity index is 4.89. The summed E-state index contributed by atoms with van der Waals surface area (Å²) >= 11 is 0. The Kier molecular flexibility index (Phi) is 3.18. The molecule has 0 rings (SSSR count). The number of methoxy groups -OCH3 is 1. The molecule has 0 aromatic heterocycles. The molecule has 5 nitrogen and oxygen atoms in total. The number of hydrogen-bond acceptors (Lipinski definition) is 5. The third-order valence-corrected chi connectivity index (χ3v) is 2.25. The summed E-state index contributed by atoms with van der Waals surface area (Å²) < 4.78 is 22.8. The number of carbonyl (C=O) groups is 2. The molecular weight excluding hydrogens is 172 g/mol. The number of aldehydes is 1. The van der Waals surface area contributed by atoms with Gasteiger partial charge in [-0.2, -0.15) is 0 Å². The van der Waals surface area contributed by atoms with Crippen molar-refractivity contribution in [1.82, 2.24) is 0 Å². The Morgan fingerprint density at radius 3 is 2.09 bits per heavy atom. The van der Waals surface area contributed by atoms with Crippen LogP contribution in [-0.4, -0.2) is 32.5 Å². The van der Waals surface area contributed by atoms with Gasteiger partial charge in [-0.25, -0.2) is 13.2 Å². The minimum absolute atomic E-state index is 0.0462. The molecule has 1 unspecified atom stereocenters. The highest BCUT2D eigenvalue weighted by molar-refractivity contribution is 7.76. The fourth-order valence-electron chi connectivity index (χ4n) is 0.372. The molecule has 0 aromatic carbocycles. The molecule has 0 saturated carbocycles. The van der Waals surface area contributed by atoms with Crippen LogP contribution < -0.4 is 0 Å². The van der Waals surface area contributed by atoms with Gasteiger partial charge in [0.25, 0.3) is 0 Å². The van der Waals surface area contributed by atoms with Crippen molar-refractivity contribution in [3.05, 3.63) is 0 Å². The van der Waals surface area contributed by atoms with Crippen molar-refractivity contribution in [1.29, 1.82) is 0 Å². The number of hydrogen-bond donors (Lipinski definition) is 1. The van der Waals surface area contributed by atoms with E-state index in [2.05, 4.69) is 4.74 Å². The average molecular weight is 180 g/mol. The molecular formula is C5H8O5S. The quantitative estimate of drug-likeness (QED) is 0.253. The van der Waals surface area contributed by atoms with E-state index in [1.54, 1.807) is 0 Å². The standard InChI is InChI=1S/C5H8O5S/c1-5(3-6,11(8)9)4(7)10-2/h3,11H,1-2H3. The van der Waals surface area contributed by atoms with Crippen LogP contribution in [-0.2, 0) is 25.0 Å². The summed E-state index contributed by atoms with van der Waals surface area (Å²) in [6.07, 6.45) is 0.0462. The van der Waals surface area contributed by atoms with E-state index in [0.29, 0.717) is 0 Å². The van der Waals surface area contributed by atoms with E-state index in [0.717, 1.165) is 14.0 Å². The van der Waals surface area contributed by atoms with Gasteiger partial charge in [0, 0.05) is 0 Å². The maximum absolute atomic E-state index is 10.7. The van der Waals surface area contributed by atoms with Gasteiger partial charge in [0.2, 0.25) is 4.75 Å². The van der Waals surface area contributed by atoms with Crippen LogP contribution in [0.5, 0.6) is 0 Å². The molecule has 0 radical (unpaired) electrons. The topological polar surface area (TPSA) is 77.5 Å². The van der Waals surface area contributed by atoms with Gasteiger partial charge in [0.15, 0.2) is 17.0 Å². The second-order valence-electron chi connectivity index (χ2n) is 2.01. The summed E-state index contributed by atoms with van der Waals surface area (Å²) in [5, 5.41) is 0. The summed E-state index contributed by atoms with van der Waals surface area (Å²) in [6, 6.07) is 0. The van der Waals surface area contributed by atoms with Crippen LogP contribution in [0.3, 0.4) is 0 Å². The van der Waals surface area contributed by atoms with Crippen LogP contribution in [0.1, 0.15) is 6.92 Å². The Bertz CT molecular complexity index is 235. The Hall–Kier alpha value is -0.910. The van der Waals surface area contributed by atoms with Crippen LogP contribution in [0.4, 0.5) is 0 Å². The third-order valence-electron chi connectivity index (χ3n) is 1.21. The number of esters is 1. The van der Waals surface area contributed by atoms with Crippen LogP contribution in [0.15, 0.2) is 0 Å². The summed E-state index contributed by atoms with van der Waals surface area (Å²) in [5.41, 5.74) is 0. The van der Waals surface area contributed by atoms with Crippen molar-refractivity contribution in [2.75, 3.05) is 7.11 Å². The zero-order valence-corrected chi connectivity index (χ0v) is 6.96. The molecule has 0 saturated heterocycles. The largest absolute Gasteiger partial charge is 0.468 e. The van der Waals surface area contributed by atoms with Crippen LogP contribution in [0.2, 0.25) is 0 Å². The lowest BCUT2D eigenvalue weighted by Gasteiger charge is -2.10. The van der Waals surface area contributed by atoms with Crippen molar-refractivity contribution in [2.24, 2.45) is 0 Å². The molecule has 0 amide bonds. The molecule has 0 aliphatic heterocycles. The summed E-state index contributed by atoms with van der Waals surface area (Å²) in [4.78, 5) is 20.9. The summed E-state index contributed by atoms with van der Waals surface area (Å²) in [7, 11) is -2.12. The predicted molar refractivity (Wildman–Crippen MR) is 36.8 cm³/mol. The van der Waals surface area contributed by atoms with E-state index in [-0.39, 0.29) is 6.29 Å². The first-order valence-electron chi connectivity index (χ1n) is 2.68. The normalized spacial score (nSPS) is 15.5. The SMILES string of the molecule is COC(=O)C(C)(C=O)[SH](=O)=O. The van der Waals surface area contributed by atoms with E-state index in [1.165, 1.54) is 0 Å². The first-order chi connectivity index (χ1) is 4.99. The highest BCUT2D eigenvalue weighted by atomic mass is 32.2. The first-order valence-corrected chi connectivity index (χ1v) is 3.86. The molecule has 64 valence electrons. The predicted octanol–water partition coefficient (Wildman–Crippen LogP) is -1.27. The zero-order valence-electron chi connectivity index (χ0n) is 6.07. The van der Waals surface area contributed by atoms with Crippen molar-refractivity contribution >= 4 is 23.0 Å². The van der Waals surface area contributed by atoms with E-state index >= 15 is 0 Å². The number of carbonyl (C=O) groups excluding carboxylic acids is 2. The molecule has 6 heteroatoms. The molecule has 0 aromatic rings. The number of thiol groups is 1. The summed E-state index contributed by atoms with van der Waals surface area (Å²) in [6.45, 7) is 0.984. The smallest absolute Gasteiger partial charge is 0.334 e. The molecule has 11 heavy (non-hydrogen) atoms. The van der Waals surface area contributed by atoms with Crippen molar-refractivity contribution in [3.8, 4) is 0 Å². The van der Waals surface area contributed by atoms with Gasteiger partial charge in [-0.15, -0.1) is 0 Å². The lowest BCUT2D eigenvalue weighted by molar-refractivity contribution is -0.144. The molecule has 0 N–H and O–H groups in total.